The van der Waals surface area contributed by atoms with Crippen molar-refractivity contribution in [2.24, 2.45) is 0 Å². The van der Waals surface area contributed by atoms with Crippen molar-refractivity contribution in [3.05, 3.63) is 69.8 Å². The number of fused-ring (bicyclic) bond motifs is 2. The molecule has 5 heteroatoms. The number of thiazole rings is 2. The van der Waals surface area contributed by atoms with Gasteiger partial charge in [-0.1, -0.05) is 60.0 Å². The molecule has 5 rings (SSSR count). The highest BCUT2D eigenvalue weighted by molar-refractivity contribution is 7.22. The number of aryl methyl sites for hydroxylation is 3. The molecule has 3 heterocycles. The van der Waals surface area contributed by atoms with Gasteiger partial charge in [0.2, 0.25) is 0 Å². The van der Waals surface area contributed by atoms with Gasteiger partial charge in [-0.05, 0) is 44.6 Å². The second-order valence-electron chi connectivity index (χ2n) is 7.85. The molecule has 1 aliphatic heterocycles. The third kappa shape index (κ3) is 3.26. The van der Waals surface area contributed by atoms with Gasteiger partial charge in [0.25, 0.3) is 0 Å². The molecule has 0 N–H and O–H groups in total. The number of rotatable bonds is 2. The fourth-order valence-electron chi connectivity index (χ4n) is 3.84. The third-order valence-electron chi connectivity index (χ3n) is 5.64. The second-order valence-corrected chi connectivity index (χ2v) is 9.88. The Hall–Kier alpha value is -2.24. The van der Waals surface area contributed by atoms with Crippen LogP contribution >= 0.6 is 22.7 Å². The summed E-state index contributed by atoms with van der Waals surface area (Å²) in [4.78, 5) is 10.1. The van der Waals surface area contributed by atoms with Gasteiger partial charge >= 0.3 is 0 Å². The zero-order chi connectivity index (χ0) is 20.1. The Labute approximate surface area is 180 Å². The average molecular weight is 413 g/mol. The maximum Gasteiger partial charge on any atom is 0.132 e. The number of hydrogen-bond donors (Lipinski definition) is 0. The van der Waals surface area contributed by atoms with E-state index in [0.29, 0.717) is 0 Å². The lowest BCUT2D eigenvalue weighted by atomic mass is 9.62. The van der Waals surface area contributed by atoms with Gasteiger partial charge in [-0.2, -0.15) is 0 Å². The van der Waals surface area contributed by atoms with Crippen LogP contribution in [0.5, 0.6) is 0 Å². The topological polar surface area (TPSA) is 25.8 Å². The van der Waals surface area contributed by atoms with Crippen LogP contribution in [-0.2, 0) is 0 Å². The molecule has 0 spiro atoms. The lowest BCUT2D eigenvalue weighted by Crippen LogP contribution is -2.02. The molecule has 143 valence electrons. The summed E-state index contributed by atoms with van der Waals surface area (Å²) in [5, 5.41) is 2.27. The van der Waals surface area contributed by atoms with Crippen molar-refractivity contribution in [3.63, 3.8) is 0 Å². The summed E-state index contributed by atoms with van der Waals surface area (Å²) in [6.07, 6.45) is 7.76. The first-order valence-corrected chi connectivity index (χ1v) is 11.6. The van der Waals surface area contributed by atoms with E-state index in [9.17, 15) is 0 Å². The molecule has 29 heavy (non-hydrogen) atoms. The Morgan fingerprint density at radius 2 is 1.59 bits per heavy atom. The molecule has 1 atom stereocenters. The van der Waals surface area contributed by atoms with Crippen LogP contribution in [-0.4, -0.2) is 17.2 Å². The van der Waals surface area contributed by atoms with E-state index in [0.717, 1.165) is 22.4 Å². The molecule has 2 nitrogen and oxygen atoms in total. The quantitative estimate of drug-likeness (QED) is 0.325. The van der Waals surface area contributed by atoms with Crippen molar-refractivity contribution >= 4 is 50.4 Å². The van der Waals surface area contributed by atoms with Crippen LogP contribution in [0.25, 0.3) is 31.0 Å². The van der Waals surface area contributed by atoms with Gasteiger partial charge in [0.05, 0.1) is 25.4 Å². The van der Waals surface area contributed by atoms with Crippen LogP contribution in [0, 0.1) is 20.8 Å². The first-order valence-electron chi connectivity index (χ1n) is 9.96. The molecule has 2 aromatic carbocycles. The van der Waals surface area contributed by atoms with Crippen LogP contribution in [0.3, 0.4) is 0 Å². The summed E-state index contributed by atoms with van der Waals surface area (Å²) < 4.78 is 2.54. The Balaban J connectivity index is 1.64. The molecule has 1 unspecified atom stereocenters. The lowest BCUT2D eigenvalue weighted by Gasteiger charge is -2.04. The Morgan fingerprint density at radius 1 is 0.897 bits per heavy atom. The van der Waals surface area contributed by atoms with Crippen molar-refractivity contribution in [3.8, 4) is 10.6 Å². The minimum atomic E-state index is 0.286. The molecule has 0 bridgehead atoms. The molecular formula is C24H22BN2S2. The molecule has 0 amide bonds. The molecule has 0 saturated heterocycles. The average Bonchev–Trinajstić information content (AvgIpc) is 3.30. The van der Waals surface area contributed by atoms with Gasteiger partial charge in [0.1, 0.15) is 12.3 Å². The van der Waals surface area contributed by atoms with Crippen LogP contribution < -0.4 is 0 Å². The van der Waals surface area contributed by atoms with Crippen molar-refractivity contribution in [1.29, 1.82) is 0 Å². The summed E-state index contributed by atoms with van der Waals surface area (Å²) >= 11 is 3.61. The molecular weight excluding hydrogens is 391 g/mol. The van der Waals surface area contributed by atoms with Gasteiger partial charge in [0.15, 0.2) is 0 Å². The van der Waals surface area contributed by atoms with Crippen LogP contribution in [0.2, 0.25) is 6.32 Å². The van der Waals surface area contributed by atoms with E-state index in [4.69, 9.17) is 9.97 Å². The SMILES string of the molecule is CC1=CC[B]C(c2nc3c(C)c4sc(-c5ccc(C)cc5)nc4c(C)c3s2)C=C1. The highest BCUT2D eigenvalue weighted by Gasteiger charge is 2.21. The highest BCUT2D eigenvalue weighted by Crippen LogP contribution is 2.41. The smallest absolute Gasteiger partial charge is 0.132 e. The zero-order valence-corrected chi connectivity index (χ0v) is 18.7. The number of hydrogen-bond acceptors (Lipinski definition) is 4. The maximum atomic E-state index is 5.10. The molecule has 0 aliphatic carbocycles. The summed E-state index contributed by atoms with van der Waals surface area (Å²) in [7, 11) is 2.35. The summed E-state index contributed by atoms with van der Waals surface area (Å²) in [5.41, 5.74) is 8.57. The van der Waals surface area contributed by atoms with Gasteiger partial charge in [0, 0.05) is 5.56 Å². The maximum absolute atomic E-state index is 5.10. The largest absolute Gasteiger partial charge is 0.241 e. The van der Waals surface area contributed by atoms with Gasteiger partial charge < -0.3 is 0 Å². The monoisotopic (exact) mass is 413 g/mol. The summed E-state index contributed by atoms with van der Waals surface area (Å²) in [5.74, 6) is 0.286. The molecule has 1 radical (unpaired) electrons. The zero-order valence-electron chi connectivity index (χ0n) is 17.1. The van der Waals surface area contributed by atoms with E-state index in [1.807, 2.05) is 11.3 Å². The summed E-state index contributed by atoms with van der Waals surface area (Å²) in [6.45, 7) is 8.67. The third-order valence-corrected chi connectivity index (χ3v) is 8.14. The predicted octanol–water partition coefficient (Wildman–Crippen LogP) is 7.18. The van der Waals surface area contributed by atoms with Crippen LogP contribution in [0.15, 0.2) is 48.1 Å². The number of aromatic nitrogens is 2. The molecule has 0 fully saturated rings. The Bertz CT molecular complexity index is 1240. The standard InChI is InChI=1S/C24H22BN2S2/c1-13-5-8-17(9-6-13)23-26-19-15(3)22-20(16(4)21(19)28-23)27-24(29-22)18-10-7-14(2)11-12-25-18/h5-11,18H,12H2,1-4H3. The summed E-state index contributed by atoms with van der Waals surface area (Å²) in [6, 6.07) is 8.64. The number of benzene rings is 2. The fourth-order valence-corrected chi connectivity index (χ4v) is 6.17. The van der Waals surface area contributed by atoms with Gasteiger partial charge in [-0.25, -0.2) is 9.97 Å². The van der Waals surface area contributed by atoms with E-state index in [1.54, 1.807) is 11.3 Å². The van der Waals surface area contributed by atoms with Crippen molar-refractivity contribution in [1.82, 2.24) is 9.97 Å². The Kier molecular flexibility index (Phi) is 4.68. The molecule has 4 aromatic rings. The fraction of sp³-hybridized carbons (Fsp3) is 0.250. The molecule has 2 aromatic heterocycles. The van der Waals surface area contributed by atoms with Crippen LogP contribution in [0.4, 0.5) is 0 Å². The molecule has 0 saturated carbocycles. The van der Waals surface area contributed by atoms with Gasteiger partial charge in [-0.3, -0.25) is 0 Å². The van der Waals surface area contributed by atoms with E-state index in [1.165, 1.54) is 42.2 Å². The van der Waals surface area contributed by atoms with E-state index in [2.05, 4.69) is 77.5 Å². The van der Waals surface area contributed by atoms with E-state index >= 15 is 0 Å². The van der Waals surface area contributed by atoms with Crippen molar-refractivity contribution < 1.29 is 0 Å². The number of nitrogens with zero attached hydrogens (tertiary/aromatic N) is 2. The second kappa shape index (κ2) is 7.23. The van der Waals surface area contributed by atoms with Crippen molar-refractivity contribution in [2.75, 3.05) is 0 Å². The Morgan fingerprint density at radius 3 is 2.34 bits per heavy atom. The van der Waals surface area contributed by atoms with Crippen LogP contribution in [0.1, 0.15) is 34.4 Å². The minimum Gasteiger partial charge on any atom is -0.241 e. The minimum absolute atomic E-state index is 0.286. The number of allylic oxidation sites excluding steroid dienone is 4. The molecule has 1 aliphatic rings. The van der Waals surface area contributed by atoms with E-state index < -0.39 is 0 Å². The first kappa shape index (κ1) is 18.8. The predicted molar refractivity (Wildman–Crippen MR) is 129 cm³/mol. The van der Waals surface area contributed by atoms with E-state index in [-0.39, 0.29) is 5.82 Å². The van der Waals surface area contributed by atoms with Gasteiger partial charge in [-0.15, -0.1) is 22.7 Å². The highest BCUT2D eigenvalue weighted by atomic mass is 32.1. The van der Waals surface area contributed by atoms with Crippen molar-refractivity contribution in [2.45, 2.75) is 39.8 Å². The lowest BCUT2D eigenvalue weighted by molar-refractivity contribution is 1.14. The first-order chi connectivity index (χ1) is 14.0. The normalized spacial score (nSPS) is 16.8.